The molecule has 3 aromatic heterocycles. The number of hydrogen-bond acceptors (Lipinski definition) is 6. The number of carbonyl (C=O) groups excluding carboxylic acids is 1. The molecule has 6 rings (SSSR count). The average Bonchev–Trinajstić information content (AvgIpc) is 3.53. The van der Waals surface area contributed by atoms with Gasteiger partial charge in [0.2, 0.25) is 11.8 Å². The summed E-state index contributed by atoms with van der Waals surface area (Å²) in [4.78, 5) is 25.7. The number of nitrogens with zero attached hydrogens (tertiary/aromatic N) is 5. The number of aromatic nitrogens is 4. The second-order valence-corrected chi connectivity index (χ2v) is 14.7. The maximum Gasteiger partial charge on any atom is 0.231 e. The third-order valence-corrected chi connectivity index (χ3v) is 10.7. The molecule has 0 saturated heterocycles. The first-order chi connectivity index (χ1) is 21.1. The van der Waals surface area contributed by atoms with Gasteiger partial charge in [0, 0.05) is 42.2 Å². The lowest BCUT2D eigenvalue weighted by molar-refractivity contribution is -0.124. The number of fused-ring (bicyclic) bond motifs is 2. The number of pyridine rings is 2. The van der Waals surface area contributed by atoms with Gasteiger partial charge in [0.05, 0.1) is 24.9 Å². The fraction of sp³-hybridized carbons (Fsp3) is 0.611. The summed E-state index contributed by atoms with van der Waals surface area (Å²) in [6.07, 6.45) is 17.3. The number of methoxy groups -OCH3 is 1. The van der Waals surface area contributed by atoms with Gasteiger partial charge in [0.25, 0.3) is 0 Å². The van der Waals surface area contributed by atoms with E-state index in [2.05, 4.69) is 56.1 Å². The Bertz CT molecular complexity index is 1470. The number of rotatable bonds is 7. The molecule has 3 atom stereocenters. The highest BCUT2D eigenvalue weighted by molar-refractivity contribution is 5.94. The van der Waals surface area contributed by atoms with Crippen molar-refractivity contribution in [2.24, 2.45) is 17.8 Å². The molecule has 0 radical (unpaired) electrons. The third kappa shape index (κ3) is 6.15. The summed E-state index contributed by atoms with van der Waals surface area (Å²) in [5.74, 6) is 2.49. The number of carbonyl (C=O) groups is 1. The van der Waals surface area contributed by atoms with Crippen molar-refractivity contribution in [3.05, 3.63) is 54.1 Å². The van der Waals surface area contributed by atoms with Gasteiger partial charge in [0.1, 0.15) is 5.82 Å². The van der Waals surface area contributed by atoms with Crippen molar-refractivity contribution in [2.75, 3.05) is 18.6 Å². The first-order valence-corrected chi connectivity index (χ1v) is 16.6. The number of aliphatic hydroxyl groups excluding tert-OH is 1. The molecule has 8 heteroatoms. The van der Waals surface area contributed by atoms with E-state index in [0.717, 1.165) is 54.6 Å². The highest BCUT2D eigenvalue weighted by Gasteiger charge is 2.46. The molecule has 2 bridgehead atoms. The fourth-order valence-corrected chi connectivity index (χ4v) is 8.11. The maximum atomic E-state index is 14.3. The van der Waals surface area contributed by atoms with Crippen LogP contribution >= 0.6 is 0 Å². The second kappa shape index (κ2) is 12.3. The quantitative estimate of drug-likeness (QED) is 0.320. The van der Waals surface area contributed by atoms with Crippen LogP contribution in [0.3, 0.4) is 0 Å². The first kappa shape index (κ1) is 30.8. The van der Waals surface area contributed by atoms with Gasteiger partial charge in [-0.25, -0.2) is 9.97 Å². The molecule has 3 aliphatic rings. The molecule has 8 nitrogen and oxygen atoms in total. The monoisotopic (exact) mass is 599 g/mol. The first-order valence-electron chi connectivity index (χ1n) is 16.6. The normalized spacial score (nSPS) is 27.1. The lowest BCUT2D eigenvalue weighted by Crippen LogP contribution is -2.47. The number of amides is 1. The van der Waals surface area contributed by atoms with Crippen LogP contribution in [-0.2, 0) is 15.7 Å². The van der Waals surface area contributed by atoms with Crippen LogP contribution in [0.2, 0.25) is 0 Å². The summed E-state index contributed by atoms with van der Waals surface area (Å²) in [6, 6.07) is 6.37. The standard InChI is InChI=1S/C36H49N5O3/c1-24-17-30(21-38-33(24)44-5)36-14-6-7-27(19-36)28(12-15-36)22-40(34(43)25-8-10-31(42)11-9-25)32-18-26(13-16-37-32)29-20-39-41(23-29)35(2,3)4/h13,16-18,20-21,23,25,27-28,31,42H,6-12,14-15,19,22H2,1-5H3. The highest BCUT2D eigenvalue weighted by Crippen LogP contribution is 2.53. The minimum Gasteiger partial charge on any atom is -0.481 e. The van der Waals surface area contributed by atoms with E-state index >= 15 is 0 Å². The SMILES string of the molecule is COc1ncc(C23CCCC(C2)C(CN(C(=O)C2CCC(O)CC2)c2cc(-c4cnn(C(C)(C)C)c4)ccn2)CC3)cc1C. The fourth-order valence-electron chi connectivity index (χ4n) is 8.11. The van der Waals surface area contributed by atoms with Crippen LogP contribution in [0.5, 0.6) is 5.88 Å². The number of anilines is 1. The van der Waals surface area contributed by atoms with E-state index in [1.165, 1.54) is 24.8 Å². The van der Waals surface area contributed by atoms with Crippen molar-refractivity contribution in [3.63, 3.8) is 0 Å². The summed E-state index contributed by atoms with van der Waals surface area (Å²) in [6.45, 7) is 9.19. The number of hydrogen-bond donors (Lipinski definition) is 1. The van der Waals surface area contributed by atoms with Gasteiger partial charge in [0.15, 0.2) is 0 Å². The van der Waals surface area contributed by atoms with Crippen molar-refractivity contribution in [1.29, 1.82) is 0 Å². The third-order valence-electron chi connectivity index (χ3n) is 10.7. The molecular weight excluding hydrogens is 550 g/mol. The average molecular weight is 600 g/mol. The molecule has 3 unspecified atom stereocenters. The molecule has 3 saturated carbocycles. The molecule has 3 aliphatic carbocycles. The molecule has 1 N–H and O–H groups in total. The Labute approximate surface area is 262 Å². The van der Waals surface area contributed by atoms with Crippen LogP contribution in [0.4, 0.5) is 5.82 Å². The summed E-state index contributed by atoms with van der Waals surface area (Å²) in [5.41, 5.74) is 4.52. The van der Waals surface area contributed by atoms with Crippen molar-refractivity contribution >= 4 is 11.7 Å². The summed E-state index contributed by atoms with van der Waals surface area (Å²) in [7, 11) is 1.68. The highest BCUT2D eigenvalue weighted by atomic mass is 16.5. The van der Waals surface area contributed by atoms with Gasteiger partial charge in [-0.3, -0.25) is 14.4 Å². The van der Waals surface area contributed by atoms with Crippen LogP contribution in [0.15, 0.2) is 43.0 Å². The minimum atomic E-state index is -0.293. The predicted octanol–water partition coefficient (Wildman–Crippen LogP) is 6.83. The molecular formula is C36H49N5O3. The van der Waals surface area contributed by atoms with Gasteiger partial charge in [-0.2, -0.15) is 5.10 Å². The smallest absolute Gasteiger partial charge is 0.231 e. The van der Waals surface area contributed by atoms with Crippen LogP contribution < -0.4 is 9.64 Å². The Hall–Kier alpha value is -3.26. The molecule has 44 heavy (non-hydrogen) atoms. The zero-order chi connectivity index (χ0) is 31.1. The number of aliphatic hydroxyl groups is 1. The summed E-state index contributed by atoms with van der Waals surface area (Å²) < 4.78 is 7.43. The Morgan fingerprint density at radius 2 is 1.86 bits per heavy atom. The molecule has 3 aromatic rings. The minimum absolute atomic E-state index is 0.0742. The van der Waals surface area contributed by atoms with E-state index in [9.17, 15) is 9.90 Å². The zero-order valence-electron chi connectivity index (χ0n) is 27.1. The Morgan fingerprint density at radius 3 is 2.57 bits per heavy atom. The topological polar surface area (TPSA) is 93.4 Å². The largest absolute Gasteiger partial charge is 0.481 e. The Morgan fingerprint density at radius 1 is 1.07 bits per heavy atom. The van der Waals surface area contributed by atoms with Gasteiger partial charge in [-0.1, -0.05) is 12.8 Å². The van der Waals surface area contributed by atoms with E-state index in [0.29, 0.717) is 37.1 Å². The van der Waals surface area contributed by atoms with E-state index in [-0.39, 0.29) is 28.9 Å². The van der Waals surface area contributed by atoms with E-state index < -0.39 is 0 Å². The maximum absolute atomic E-state index is 14.3. The molecule has 0 spiro atoms. The number of ether oxygens (including phenoxy) is 1. The van der Waals surface area contributed by atoms with Gasteiger partial charge >= 0.3 is 0 Å². The van der Waals surface area contributed by atoms with Crippen molar-refractivity contribution in [1.82, 2.24) is 19.7 Å². The lowest BCUT2D eigenvalue weighted by Gasteiger charge is -2.50. The summed E-state index contributed by atoms with van der Waals surface area (Å²) >= 11 is 0. The van der Waals surface area contributed by atoms with Crippen molar-refractivity contribution in [2.45, 2.75) is 109 Å². The van der Waals surface area contributed by atoms with Crippen molar-refractivity contribution in [3.8, 4) is 17.0 Å². The van der Waals surface area contributed by atoms with Crippen LogP contribution in [0.1, 0.15) is 96.1 Å². The molecule has 3 heterocycles. The second-order valence-electron chi connectivity index (χ2n) is 14.7. The Kier molecular flexibility index (Phi) is 8.57. The molecule has 0 aromatic carbocycles. The van der Waals surface area contributed by atoms with Crippen LogP contribution in [-0.4, -0.2) is 50.5 Å². The van der Waals surface area contributed by atoms with E-state index in [1.54, 1.807) is 7.11 Å². The van der Waals surface area contributed by atoms with E-state index in [4.69, 9.17) is 9.72 Å². The van der Waals surface area contributed by atoms with Crippen LogP contribution in [0, 0.1) is 24.7 Å². The number of aryl methyl sites for hydroxylation is 1. The van der Waals surface area contributed by atoms with Crippen LogP contribution in [0.25, 0.3) is 11.1 Å². The molecule has 0 aliphatic heterocycles. The molecule has 3 fully saturated rings. The van der Waals surface area contributed by atoms with E-state index in [1.807, 2.05) is 34.2 Å². The van der Waals surface area contributed by atoms with Gasteiger partial charge in [-0.15, -0.1) is 0 Å². The van der Waals surface area contributed by atoms with Crippen molar-refractivity contribution < 1.29 is 14.6 Å². The van der Waals surface area contributed by atoms with Gasteiger partial charge in [-0.05, 0) is 126 Å². The lowest BCUT2D eigenvalue weighted by atomic mass is 9.56. The van der Waals surface area contributed by atoms with Gasteiger partial charge < -0.3 is 9.84 Å². The zero-order valence-corrected chi connectivity index (χ0v) is 27.1. The molecule has 236 valence electrons. The summed E-state index contributed by atoms with van der Waals surface area (Å²) in [5, 5.41) is 14.8. The predicted molar refractivity (Wildman–Crippen MR) is 173 cm³/mol. The Balaban J connectivity index is 1.27. The molecule has 1 amide bonds.